The minimum atomic E-state index is -1.11. The Bertz CT molecular complexity index is 279. The number of nitrogens with one attached hydrogen (secondary N) is 1. The lowest BCUT2D eigenvalue weighted by molar-refractivity contribution is -0.139. The molecule has 0 bridgehead atoms. The zero-order valence-electron chi connectivity index (χ0n) is 10.1. The van der Waals surface area contributed by atoms with E-state index in [2.05, 4.69) is 5.32 Å². The van der Waals surface area contributed by atoms with Crippen LogP contribution in [0.5, 0.6) is 0 Å². The molecule has 1 aliphatic rings. The molecular weight excluding hydrogens is 224 g/mol. The van der Waals surface area contributed by atoms with Crippen molar-refractivity contribution < 1.29 is 19.8 Å². The van der Waals surface area contributed by atoms with E-state index < -0.39 is 12.0 Å². The van der Waals surface area contributed by atoms with E-state index in [1.165, 1.54) is 0 Å². The number of carbonyl (C=O) groups excluding carboxylic acids is 1. The summed E-state index contributed by atoms with van der Waals surface area (Å²) < 4.78 is 0. The minimum absolute atomic E-state index is 0.0334. The maximum atomic E-state index is 11.9. The monoisotopic (exact) mass is 244 g/mol. The molecular formula is C11H20N2O4. The van der Waals surface area contributed by atoms with Gasteiger partial charge in [0, 0.05) is 25.6 Å². The zero-order valence-corrected chi connectivity index (χ0v) is 10.1. The summed E-state index contributed by atoms with van der Waals surface area (Å²) in [5, 5.41) is 20.1. The van der Waals surface area contributed by atoms with E-state index in [0.29, 0.717) is 6.54 Å². The molecule has 3 N–H and O–H groups in total. The summed E-state index contributed by atoms with van der Waals surface area (Å²) in [5.74, 6) is -1.11. The van der Waals surface area contributed by atoms with Crippen LogP contribution in [0.15, 0.2) is 0 Å². The Balaban J connectivity index is 2.51. The van der Waals surface area contributed by atoms with Crippen molar-refractivity contribution in [2.75, 3.05) is 13.2 Å². The molecule has 0 aromatic carbocycles. The van der Waals surface area contributed by atoms with Crippen molar-refractivity contribution in [1.29, 1.82) is 0 Å². The number of aliphatic hydroxyl groups excluding tert-OH is 1. The van der Waals surface area contributed by atoms with Crippen molar-refractivity contribution >= 4 is 12.0 Å². The number of hydrogen-bond acceptors (Lipinski definition) is 3. The Morgan fingerprint density at radius 2 is 2.12 bits per heavy atom. The Labute approximate surface area is 101 Å². The Morgan fingerprint density at radius 1 is 1.47 bits per heavy atom. The molecule has 1 saturated carbocycles. The molecule has 1 rings (SSSR count). The molecule has 6 heteroatoms. The number of aliphatic hydroxyl groups is 1. The largest absolute Gasteiger partial charge is 0.480 e. The molecule has 1 atom stereocenters. The van der Waals surface area contributed by atoms with Crippen LogP contribution in [-0.2, 0) is 4.79 Å². The van der Waals surface area contributed by atoms with Gasteiger partial charge in [0.15, 0.2) is 0 Å². The van der Waals surface area contributed by atoms with E-state index in [1.54, 1.807) is 4.90 Å². The highest BCUT2D eigenvalue weighted by atomic mass is 16.4. The molecule has 0 aromatic heterocycles. The number of carboxylic acids is 1. The van der Waals surface area contributed by atoms with Gasteiger partial charge in [0.1, 0.15) is 6.04 Å². The summed E-state index contributed by atoms with van der Waals surface area (Å²) in [5.41, 5.74) is 0. The van der Waals surface area contributed by atoms with Crippen LogP contribution in [0.25, 0.3) is 0 Å². The summed E-state index contributed by atoms with van der Waals surface area (Å²) in [6.07, 6.45) is 2.86. The van der Waals surface area contributed by atoms with Crippen molar-refractivity contribution in [3.8, 4) is 0 Å². The predicted molar refractivity (Wildman–Crippen MR) is 61.7 cm³/mol. The van der Waals surface area contributed by atoms with E-state index in [1.807, 2.05) is 6.92 Å². The van der Waals surface area contributed by atoms with Gasteiger partial charge < -0.3 is 20.4 Å². The van der Waals surface area contributed by atoms with Gasteiger partial charge in [-0.15, -0.1) is 0 Å². The van der Waals surface area contributed by atoms with Gasteiger partial charge in [0.25, 0.3) is 0 Å². The molecule has 17 heavy (non-hydrogen) atoms. The molecule has 0 aromatic rings. The Morgan fingerprint density at radius 3 is 2.53 bits per heavy atom. The van der Waals surface area contributed by atoms with E-state index in [9.17, 15) is 9.59 Å². The predicted octanol–water partition coefficient (Wildman–Crippen LogP) is 0.406. The Hall–Kier alpha value is -1.30. The molecule has 1 unspecified atom stereocenters. The summed E-state index contributed by atoms with van der Waals surface area (Å²) in [6.45, 7) is 2.36. The topological polar surface area (TPSA) is 89.9 Å². The normalized spacial score (nSPS) is 16.4. The lowest BCUT2D eigenvalue weighted by Gasteiger charge is -2.24. The molecule has 2 amide bonds. The lowest BCUT2D eigenvalue weighted by Crippen LogP contribution is -2.49. The number of amides is 2. The van der Waals surface area contributed by atoms with Crippen molar-refractivity contribution in [2.24, 2.45) is 0 Å². The van der Waals surface area contributed by atoms with Gasteiger partial charge in [-0.25, -0.2) is 9.59 Å². The zero-order chi connectivity index (χ0) is 12.8. The summed E-state index contributed by atoms with van der Waals surface area (Å²) in [4.78, 5) is 24.4. The number of carboxylic acid groups (broad SMARTS) is 1. The molecule has 0 heterocycles. The minimum Gasteiger partial charge on any atom is -0.480 e. The number of aliphatic carboxylic acids is 1. The fourth-order valence-electron chi connectivity index (χ4n) is 1.70. The second-order valence-electron chi connectivity index (χ2n) is 4.28. The second kappa shape index (κ2) is 6.44. The maximum Gasteiger partial charge on any atom is 0.326 e. The maximum absolute atomic E-state index is 11.9. The van der Waals surface area contributed by atoms with Crippen LogP contribution in [0.1, 0.15) is 32.6 Å². The first-order chi connectivity index (χ1) is 8.10. The number of hydrogen-bond donors (Lipinski definition) is 3. The Kier molecular flexibility index (Phi) is 5.21. The first-order valence-electron chi connectivity index (χ1n) is 6.01. The van der Waals surface area contributed by atoms with Crippen LogP contribution in [0.3, 0.4) is 0 Å². The number of rotatable bonds is 7. The van der Waals surface area contributed by atoms with Crippen molar-refractivity contribution in [3.63, 3.8) is 0 Å². The SMILES string of the molecule is CCCN(C(=O)NC(CCO)C(=O)O)C1CC1. The van der Waals surface area contributed by atoms with Crippen molar-refractivity contribution in [2.45, 2.75) is 44.7 Å². The van der Waals surface area contributed by atoms with Crippen molar-refractivity contribution in [3.05, 3.63) is 0 Å². The van der Waals surface area contributed by atoms with Crippen LogP contribution in [0, 0.1) is 0 Å². The molecule has 0 aliphatic heterocycles. The fraction of sp³-hybridized carbons (Fsp3) is 0.818. The van der Waals surface area contributed by atoms with Crippen LogP contribution in [-0.4, -0.2) is 52.3 Å². The quantitative estimate of drug-likeness (QED) is 0.605. The first kappa shape index (κ1) is 13.8. The third kappa shape index (κ3) is 4.22. The molecule has 98 valence electrons. The highest BCUT2D eigenvalue weighted by molar-refractivity contribution is 5.82. The number of urea groups is 1. The standard InChI is InChI=1S/C11H20N2O4/c1-2-6-13(8-3-4-8)11(17)12-9(5-7-14)10(15)16/h8-9,14H,2-7H2,1H3,(H,12,17)(H,15,16). The van der Waals surface area contributed by atoms with Gasteiger partial charge in [-0.05, 0) is 19.3 Å². The summed E-state index contributed by atoms with van der Waals surface area (Å²) >= 11 is 0. The van der Waals surface area contributed by atoms with Gasteiger partial charge in [0.05, 0.1) is 0 Å². The van der Waals surface area contributed by atoms with Gasteiger partial charge in [-0.1, -0.05) is 6.92 Å². The molecule has 0 radical (unpaired) electrons. The van der Waals surface area contributed by atoms with Gasteiger partial charge in [0.2, 0.25) is 0 Å². The lowest BCUT2D eigenvalue weighted by atomic mass is 10.2. The van der Waals surface area contributed by atoms with Gasteiger partial charge in [-0.2, -0.15) is 0 Å². The van der Waals surface area contributed by atoms with Crippen LogP contribution in [0.4, 0.5) is 4.79 Å². The van der Waals surface area contributed by atoms with Gasteiger partial charge in [-0.3, -0.25) is 0 Å². The summed E-state index contributed by atoms with van der Waals surface area (Å²) in [6, 6.07) is -1.08. The van der Waals surface area contributed by atoms with Crippen LogP contribution >= 0.6 is 0 Å². The smallest absolute Gasteiger partial charge is 0.326 e. The van der Waals surface area contributed by atoms with E-state index >= 15 is 0 Å². The molecule has 1 aliphatic carbocycles. The van der Waals surface area contributed by atoms with E-state index in [-0.39, 0.29) is 25.1 Å². The average molecular weight is 244 g/mol. The van der Waals surface area contributed by atoms with Crippen LogP contribution in [0.2, 0.25) is 0 Å². The molecule has 1 fully saturated rings. The van der Waals surface area contributed by atoms with Gasteiger partial charge >= 0.3 is 12.0 Å². The number of carbonyl (C=O) groups is 2. The second-order valence-corrected chi connectivity index (χ2v) is 4.28. The van der Waals surface area contributed by atoms with E-state index in [0.717, 1.165) is 19.3 Å². The third-order valence-corrected chi connectivity index (χ3v) is 2.73. The first-order valence-corrected chi connectivity index (χ1v) is 6.01. The molecule has 0 spiro atoms. The number of nitrogens with zero attached hydrogens (tertiary/aromatic N) is 1. The van der Waals surface area contributed by atoms with Crippen LogP contribution < -0.4 is 5.32 Å². The highest BCUT2D eigenvalue weighted by Crippen LogP contribution is 2.26. The molecule has 6 nitrogen and oxygen atoms in total. The average Bonchev–Trinajstić information content (AvgIpc) is 3.08. The third-order valence-electron chi connectivity index (χ3n) is 2.73. The van der Waals surface area contributed by atoms with E-state index in [4.69, 9.17) is 10.2 Å². The highest BCUT2D eigenvalue weighted by Gasteiger charge is 2.33. The summed E-state index contributed by atoms with van der Waals surface area (Å²) in [7, 11) is 0. The molecule has 0 saturated heterocycles. The van der Waals surface area contributed by atoms with Crippen molar-refractivity contribution in [1.82, 2.24) is 10.2 Å². The fourth-order valence-corrected chi connectivity index (χ4v) is 1.70.